The van der Waals surface area contributed by atoms with E-state index < -0.39 is 15.3 Å². The Morgan fingerprint density at radius 1 is 0.893 bits per heavy atom. The molecule has 1 aliphatic rings. The van der Waals surface area contributed by atoms with Gasteiger partial charge in [-0.25, -0.2) is 0 Å². The first-order valence-electron chi connectivity index (χ1n) is 9.23. The summed E-state index contributed by atoms with van der Waals surface area (Å²) in [5.41, 5.74) is 5.51. The van der Waals surface area contributed by atoms with E-state index in [1.54, 1.807) is 0 Å². The van der Waals surface area contributed by atoms with Crippen LogP contribution in [0.2, 0.25) is 0 Å². The number of rotatable bonds is 0. The summed E-state index contributed by atoms with van der Waals surface area (Å²) in [4.78, 5) is 0. The van der Waals surface area contributed by atoms with Gasteiger partial charge in [-0.2, -0.15) is 47.3 Å². The predicted molar refractivity (Wildman–Crippen MR) is 121 cm³/mol. The zero-order valence-electron chi connectivity index (χ0n) is 16.0. The van der Waals surface area contributed by atoms with E-state index >= 15 is 0 Å². The largest absolute Gasteiger partial charge is 0.179 e. The van der Waals surface area contributed by atoms with Gasteiger partial charge in [0.15, 0.2) is 0 Å². The second kappa shape index (κ2) is 10.3. The number of halogens is 2. The van der Waals surface area contributed by atoms with E-state index in [1.165, 1.54) is 36.8 Å². The van der Waals surface area contributed by atoms with Crippen molar-refractivity contribution in [1.82, 2.24) is 0 Å². The SMILES string of the molecule is C[C](C)=[Ti]([Cl])[Cl].[c-]1cccc2c1Cc1ccccc1-2.c1ccc2[cH-]ccc2c1. The summed E-state index contributed by atoms with van der Waals surface area (Å²) in [7, 11) is 11.0. The summed E-state index contributed by atoms with van der Waals surface area (Å²) in [5.74, 6) is 0. The van der Waals surface area contributed by atoms with E-state index in [0.717, 1.165) is 6.42 Å². The molecule has 0 atom stereocenters. The fourth-order valence-corrected chi connectivity index (χ4v) is 3.07. The molecule has 28 heavy (non-hydrogen) atoms. The van der Waals surface area contributed by atoms with Crippen molar-refractivity contribution in [2.75, 3.05) is 0 Å². The quantitative estimate of drug-likeness (QED) is 0.170. The van der Waals surface area contributed by atoms with Crippen LogP contribution in [0.1, 0.15) is 25.0 Å². The molecule has 4 aromatic rings. The summed E-state index contributed by atoms with van der Waals surface area (Å²) >= 11 is -1.60. The van der Waals surface area contributed by atoms with Gasteiger partial charge in [0, 0.05) is 0 Å². The summed E-state index contributed by atoms with van der Waals surface area (Å²) in [6.45, 7) is 3.94. The molecule has 0 radical (unpaired) electrons. The van der Waals surface area contributed by atoms with Crippen LogP contribution in [0.4, 0.5) is 0 Å². The van der Waals surface area contributed by atoms with E-state index in [0.29, 0.717) is 0 Å². The first-order chi connectivity index (χ1) is 13.6. The molecular weight excluding hydrogens is 419 g/mol. The Balaban J connectivity index is 0.000000132. The van der Waals surface area contributed by atoms with Gasteiger partial charge < -0.3 is 0 Å². The van der Waals surface area contributed by atoms with Gasteiger partial charge in [0.25, 0.3) is 0 Å². The van der Waals surface area contributed by atoms with E-state index in [9.17, 15) is 0 Å². The second-order valence-electron chi connectivity index (χ2n) is 6.81. The smallest absolute Gasteiger partial charge is 0.0253 e. The summed E-state index contributed by atoms with van der Waals surface area (Å²) in [5, 5.41) is 2.66. The van der Waals surface area contributed by atoms with Gasteiger partial charge in [-0.05, 0) is 6.42 Å². The van der Waals surface area contributed by atoms with Crippen LogP contribution in [0.25, 0.3) is 21.9 Å². The van der Waals surface area contributed by atoms with Crippen LogP contribution in [-0.4, -0.2) is 3.81 Å². The average molecular weight is 441 g/mol. The molecule has 0 spiro atoms. The van der Waals surface area contributed by atoms with Crippen molar-refractivity contribution in [3.63, 3.8) is 0 Å². The Morgan fingerprint density at radius 3 is 2.32 bits per heavy atom. The summed E-state index contributed by atoms with van der Waals surface area (Å²) in [6, 6.07) is 32.8. The Bertz CT molecular complexity index is 1000. The number of fused-ring (bicyclic) bond motifs is 4. The zero-order chi connectivity index (χ0) is 19.9. The van der Waals surface area contributed by atoms with Gasteiger partial charge >= 0.3 is 51.6 Å². The van der Waals surface area contributed by atoms with Crippen LogP contribution in [0.15, 0.2) is 84.9 Å². The molecule has 0 fully saturated rings. The predicted octanol–water partition coefficient (Wildman–Crippen LogP) is 7.74. The van der Waals surface area contributed by atoms with Gasteiger partial charge in [0.1, 0.15) is 0 Å². The monoisotopic (exact) mass is 440 g/mol. The van der Waals surface area contributed by atoms with Crippen molar-refractivity contribution in [2.45, 2.75) is 20.3 Å². The zero-order valence-corrected chi connectivity index (χ0v) is 19.1. The Kier molecular flexibility index (Phi) is 7.77. The van der Waals surface area contributed by atoms with Crippen LogP contribution < -0.4 is 0 Å². The maximum atomic E-state index is 5.51. The second-order valence-corrected chi connectivity index (χ2v) is 13.1. The molecule has 0 saturated carbocycles. The Hall–Kier alpha value is -1.57. The Morgan fingerprint density at radius 2 is 1.57 bits per heavy atom. The summed E-state index contributed by atoms with van der Waals surface area (Å²) in [6.07, 6.45) is 1.05. The van der Waals surface area contributed by atoms with Gasteiger partial charge in [-0.15, -0.1) is 35.2 Å². The maximum Gasteiger partial charge on any atom is -0.0253 e. The van der Waals surface area contributed by atoms with Crippen molar-refractivity contribution >= 4 is 33.2 Å². The van der Waals surface area contributed by atoms with E-state index in [2.05, 4.69) is 84.9 Å². The first-order valence-corrected chi connectivity index (χ1v) is 14.3. The van der Waals surface area contributed by atoms with Crippen LogP contribution in [0.5, 0.6) is 0 Å². The molecule has 0 N–H and O–H groups in total. The van der Waals surface area contributed by atoms with E-state index in [1.807, 2.05) is 19.9 Å². The molecule has 0 nitrogen and oxygen atoms in total. The normalized spacial score (nSPS) is 10.7. The molecule has 0 unspecified atom stereocenters. The van der Waals surface area contributed by atoms with E-state index in [-0.39, 0.29) is 0 Å². The minimum Gasteiger partial charge on any atom is -0.179 e. The van der Waals surface area contributed by atoms with Crippen LogP contribution in [0.3, 0.4) is 0 Å². The Labute approximate surface area is 181 Å². The van der Waals surface area contributed by atoms with Gasteiger partial charge in [-0.1, -0.05) is 41.5 Å². The van der Waals surface area contributed by atoms with Gasteiger partial charge in [0.2, 0.25) is 0 Å². The molecular formula is C25H22Cl2Ti-2. The molecule has 4 aromatic carbocycles. The van der Waals surface area contributed by atoms with Crippen molar-refractivity contribution < 1.29 is 15.3 Å². The maximum absolute atomic E-state index is 5.51. The third-order valence-corrected chi connectivity index (χ3v) is 8.84. The molecule has 5 rings (SSSR count). The van der Waals surface area contributed by atoms with Crippen molar-refractivity contribution in [3.8, 4) is 11.1 Å². The topological polar surface area (TPSA) is 0 Å². The minimum absolute atomic E-state index is 1.05. The van der Waals surface area contributed by atoms with E-state index in [4.69, 9.17) is 18.6 Å². The standard InChI is InChI=1S/C13H9.C9H7.C3H6.2ClH.Ti/c1-3-7-12-10(5-1)9-11-6-2-4-8-13(11)12;1-2-5-9-7-3-6-8(9)4-1;1-3-2;;;/h1-5,7-8H,9H2;1-7H;1-2H3;2*1H;/q2*-1;;;;+2/p-2. The first kappa shape index (κ1) is 21.2. The van der Waals surface area contributed by atoms with Crippen molar-refractivity contribution in [2.24, 2.45) is 0 Å². The molecule has 0 saturated heterocycles. The molecule has 142 valence electrons. The van der Waals surface area contributed by atoms with Gasteiger partial charge in [-0.3, -0.25) is 0 Å². The number of hydrogen-bond acceptors (Lipinski definition) is 0. The van der Waals surface area contributed by atoms with Crippen molar-refractivity contribution in [3.05, 3.63) is 102 Å². The number of hydrogen-bond donors (Lipinski definition) is 0. The fourth-order valence-electron chi connectivity index (χ4n) is 3.07. The summed E-state index contributed by atoms with van der Waals surface area (Å²) < 4.78 is 1.21. The molecule has 1 aliphatic carbocycles. The van der Waals surface area contributed by atoms with Crippen LogP contribution in [0, 0.1) is 6.07 Å². The van der Waals surface area contributed by atoms with Crippen molar-refractivity contribution in [1.29, 1.82) is 0 Å². The minimum atomic E-state index is -1.60. The van der Waals surface area contributed by atoms with Crippen LogP contribution in [-0.2, 0) is 21.7 Å². The molecule has 0 bridgehead atoms. The molecule has 3 heteroatoms. The molecule has 0 aliphatic heterocycles. The third kappa shape index (κ3) is 5.49. The molecule has 0 heterocycles. The van der Waals surface area contributed by atoms with Crippen LogP contribution >= 0.6 is 18.6 Å². The molecule has 0 amide bonds. The molecule has 0 aromatic heterocycles. The third-order valence-electron chi connectivity index (χ3n) is 4.54. The average Bonchev–Trinajstić information content (AvgIpc) is 3.33. The fraction of sp³-hybridized carbons (Fsp3) is 0.120. The van der Waals surface area contributed by atoms with Gasteiger partial charge in [0.05, 0.1) is 0 Å². The number of benzene rings is 3.